The second-order valence-electron chi connectivity index (χ2n) is 8.47. The van der Waals surface area contributed by atoms with Gasteiger partial charge in [-0.15, -0.1) is 0 Å². The fraction of sp³-hybridized carbons (Fsp3) is 0.115. The zero-order chi connectivity index (χ0) is 23.3. The highest BCUT2D eigenvalue weighted by molar-refractivity contribution is 7.63. The number of fused-ring (bicyclic) bond motifs is 2. The molecular formula is C26H22N5O2P. The van der Waals surface area contributed by atoms with E-state index in [9.17, 15) is 9.46 Å². The summed E-state index contributed by atoms with van der Waals surface area (Å²) in [6.45, 7) is 0.919. The lowest BCUT2D eigenvalue weighted by Crippen LogP contribution is -2.10. The molecule has 8 heteroatoms. The molecule has 6 rings (SSSR count). The normalized spacial score (nSPS) is 14.8. The van der Waals surface area contributed by atoms with Crippen LogP contribution in [-0.2, 0) is 17.5 Å². The van der Waals surface area contributed by atoms with Crippen LogP contribution in [-0.4, -0.2) is 24.6 Å². The lowest BCUT2D eigenvalue weighted by atomic mass is 9.95. The molecule has 3 aromatic heterocycles. The van der Waals surface area contributed by atoms with Gasteiger partial charge < -0.3 is 4.89 Å². The topological polar surface area (TPSA) is 107 Å². The van der Waals surface area contributed by atoms with Crippen LogP contribution in [0.25, 0.3) is 44.5 Å². The zero-order valence-electron chi connectivity index (χ0n) is 18.3. The standard InChI is InChI=1S/C26H22N5O2P/c27-34(32,33)19-9-6-17(7-10-19)18-8-11-20-21(12-14-29-23(20)16-18)25-24-5-3-15-31(24)30-26(25)22-4-1-2-13-28-22/h1-2,4,6-14,16H,3,5,15H2,(H3,27,32,33). The second-order valence-corrected chi connectivity index (χ2v) is 10.2. The summed E-state index contributed by atoms with van der Waals surface area (Å²) in [5.74, 6) is 0. The number of nitrogens with zero attached hydrogens (tertiary/aromatic N) is 4. The first-order valence-corrected chi connectivity index (χ1v) is 12.8. The van der Waals surface area contributed by atoms with Crippen molar-refractivity contribution < 1.29 is 9.46 Å². The largest absolute Gasteiger partial charge is 0.330 e. The molecule has 0 saturated carbocycles. The van der Waals surface area contributed by atoms with E-state index in [2.05, 4.69) is 26.8 Å². The van der Waals surface area contributed by atoms with E-state index in [0.29, 0.717) is 0 Å². The maximum absolute atomic E-state index is 11.7. The summed E-state index contributed by atoms with van der Waals surface area (Å²) in [6, 6.07) is 20.9. The Morgan fingerprint density at radius 3 is 2.53 bits per heavy atom. The Balaban J connectivity index is 1.49. The first-order chi connectivity index (χ1) is 16.5. The maximum atomic E-state index is 11.7. The predicted octanol–water partition coefficient (Wildman–Crippen LogP) is 4.54. The maximum Gasteiger partial charge on any atom is 0.294 e. The van der Waals surface area contributed by atoms with Crippen molar-refractivity contribution in [3.05, 3.63) is 84.8 Å². The van der Waals surface area contributed by atoms with E-state index in [0.717, 1.165) is 63.9 Å². The van der Waals surface area contributed by atoms with Gasteiger partial charge in [0.15, 0.2) is 0 Å². The first-order valence-electron chi connectivity index (χ1n) is 11.1. The van der Waals surface area contributed by atoms with Gasteiger partial charge in [-0.2, -0.15) is 5.10 Å². The summed E-state index contributed by atoms with van der Waals surface area (Å²) >= 11 is 0. The average Bonchev–Trinajstić information content (AvgIpc) is 3.45. The summed E-state index contributed by atoms with van der Waals surface area (Å²) in [4.78, 5) is 18.8. The Hall–Kier alpha value is -3.64. The molecule has 168 valence electrons. The van der Waals surface area contributed by atoms with Crippen molar-refractivity contribution >= 4 is 23.7 Å². The van der Waals surface area contributed by atoms with Crippen molar-refractivity contribution in [2.24, 2.45) is 5.50 Å². The number of pyridine rings is 2. The summed E-state index contributed by atoms with van der Waals surface area (Å²) in [5, 5.41) is 6.19. The highest BCUT2D eigenvalue weighted by atomic mass is 31.2. The van der Waals surface area contributed by atoms with Gasteiger partial charge in [-0.05, 0) is 65.9 Å². The highest BCUT2D eigenvalue weighted by Crippen LogP contribution is 2.40. The third-order valence-electron chi connectivity index (χ3n) is 6.33. The highest BCUT2D eigenvalue weighted by Gasteiger charge is 2.25. The average molecular weight is 467 g/mol. The molecule has 4 heterocycles. The van der Waals surface area contributed by atoms with Gasteiger partial charge in [0.25, 0.3) is 7.52 Å². The minimum atomic E-state index is -3.77. The minimum absolute atomic E-state index is 0.231. The monoisotopic (exact) mass is 467 g/mol. The molecule has 2 aromatic carbocycles. The van der Waals surface area contributed by atoms with E-state index >= 15 is 0 Å². The van der Waals surface area contributed by atoms with Crippen molar-refractivity contribution in [1.82, 2.24) is 19.7 Å². The van der Waals surface area contributed by atoms with Crippen LogP contribution in [0, 0.1) is 0 Å². The molecule has 1 aliphatic rings. The van der Waals surface area contributed by atoms with Crippen LogP contribution in [0.5, 0.6) is 0 Å². The van der Waals surface area contributed by atoms with Crippen LogP contribution in [0.4, 0.5) is 0 Å². The van der Waals surface area contributed by atoms with Gasteiger partial charge in [-0.25, -0.2) is 0 Å². The fourth-order valence-electron chi connectivity index (χ4n) is 4.71. The molecule has 1 aliphatic heterocycles. The van der Waals surface area contributed by atoms with E-state index < -0.39 is 7.52 Å². The molecule has 0 saturated heterocycles. The minimum Gasteiger partial charge on any atom is -0.330 e. The Labute approximate surface area is 196 Å². The molecule has 0 fully saturated rings. The summed E-state index contributed by atoms with van der Waals surface area (Å²) in [6.07, 6.45) is 5.71. The van der Waals surface area contributed by atoms with Crippen LogP contribution in [0.1, 0.15) is 12.1 Å². The van der Waals surface area contributed by atoms with Gasteiger partial charge in [0.05, 0.1) is 16.5 Å². The molecule has 0 amide bonds. The molecular weight excluding hydrogens is 445 g/mol. The Kier molecular flexibility index (Phi) is 4.92. The van der Waals surface area contributed by atoms with Gasteiger partial charge in [-0.3, -0.25) is 24.7 Å². The molecule has 0 spiro atoms. The summed E-state index contributed by atoms with van der Waals surface area (Å²) in [7, 11) is -3.77. The molecule has 0 aliphatic carbocycles. The smallest absolute Gasteiger partial charge is 0.294 e. The lowest BCUT2D eigenvalue weighted by Gasteiger charge is -2.11. The van der Waals surface area contributed by atoms with Crippen LogP contribution in [0.3, 0.4) is 0 Å². The summed E-state index contributed by atoms with van der Waals surface area (Å²) < 4.78 is 13.8. The van der Waals surface area contributed by atoms with E-state index in [-0.39, 0.29) is 5.30 Å². The van der Waals surface area contributed by atoms with Gasteiger partial charge >= 0.3 is 0 Å². The quantitative estimate of drug-likeness (QED) is 0.376. The predicted molar refractivity (Wildman–Crippen MR) is 134 cm³/mol. The van der Waals surface area contributed by atoms with Gasteiger partial charge in [0, 0.05) is 35.6 Å². The molecule has 3 N–H and O–H groups in total. The zero-order valence-corrected chi connectivity index (χ0v) is 19.2. The van der Waals surface area contributed by atoms with Crippen LogP contribution in [0.15, 0.2) is 79.1 Å². The van der Waals surface area contributed by atoms with Gasteiger partial charge in [0.2, 0.25) is 0 Å². The van der Waals surface area contributed by atoms with Crippen molar-refractivity contribution in [2.45, 2.75) is 19.4 Å². The number of hydrogen-bond acceptors (Lipinski definition) is 4. The SMILES string of the molecule is NP(=O)(O)c1ccc(-c2ccc3c(-c4c(-c5ccccn5)nn5c4CCC5)ccnc3c2)cc1. The summed E-state index contributed by atoms with van der Waals surface area (Å²) in [5.41, 5.74) is 13.4. The number of aromatic nitrogens is 4. The number of hydrogen-bond donors (Lipinski definition) is 2. The molecule has 1 atom stereocenters. The van der Waals surface area contributed by atoms with Crippen molar-refractivity contribution in [3.63, 3.8) is 0 Å². The number of nitrogens with two attached hydrogens (primary N) is 1. The molecule has 0 bridgehead atoms. The number of aryl methyl sites for hydroxylation is 1. The molecule has 7 nitrogen and oxygen atoms in total. The Bertz CT molecular complexity index is 1570. The third-order valence-corrected chi connectivity index (χ3v) is 7.37. The Morgan fingerprint density at radius 1 is 0.941 bits per heavy atom. The number of benzene rings is 2. The van der Waals surface area contributed by atoms with Crippen LogP contribution >= 0.6 is 7.52 Å². The van der Waals surface area contributed by atoms with Crippen LogP contribution < -0.4 is 10.8 Å². The molecule has 1 unspecified atom stereocenters. The lowest BCUT2D eigenvalue weighted by molar-refractivity contribution is 0.491. The Morgan fingerprint density at radius 2 is 1.76 bits per heavy atom. The third kappa shape index (κ3) is 3.55. The van der Waals surface area contributed by atoms with Gasteiger partial charge in [-0.1, -0.05) is 30.3 Å². The molecule has 0 radical (unpaired) electrons. The fourth-order valence-corrected chi connectivity index (χ4v) is 5.29. The van der Waals surface area contributed by atoms with E-state index in [1.807, 2.05) is 36.5 Å². The van der Waals surface area contributed by atoms with Crippen molar-refractivity contribution in [2.75, 3.05) is 0 Å². The molecule has 5 aromatic rings. The molecule has 34 heavy (non-hydrogen) atoms. The van der Waals surface area contributed by atoms with Crippen molar-refractivity contribution in [1.29, 1.82) is 0 Å². The second kappa shape index (κ2) is 7.99. The van der Waals surface area contributed by atoms with E-state index in [1.165, 1.54) is 5.69 Å². The van der Waals surface area contributed by atoms with Crippen molar-refractivity contribution in [3.8, 4) is 33.6 Å². The first kappa shape index (κ1) is 20.9. The number of rotatable bonds is 4. The van der Waals surface area contributed by atoms with Crippen LogP contribution in [0.2, 0.25) is 0 Å². The van der Waals surface area contributed by atoms with E-state index in [1.54, 1.807) is 30.5 Å². The van der Waals surface area contributed by atoms with Gasteiger partial charge in [0.1, 0.15) is 5.69 Å². The van der Waals surface area contributed by atoms with E-state index in [4.69, 9.17) is 10.6 Å².